The fraction of sp³-hybridized carbons (Fsp3) is 0.286. The molecule has 0 unspecified atom stereocenters. The van der Waals surface area contributed by atoms with Gasteiger partial charge in [0.2, 0.25) is 5.88 Å². The molecule has 0 aliphatic rings. The standard InChI is InChI=1S/C14H14BrClN2O2/c1-14(2,3)11-7-12(20-18-11)17-13(19)8-4-9(15)6-10(16)5-8/h4-7H,1-3H3,(H,17,19). The van der Waals surface area contributed by atoms with Crippen LogP contribution in [-0.4, -0.2) is 11.1 Å². The lowest BCUT2D eigenvalue weighted by Gasteiger charge is -2.12. The van der Waals surface area contributed by atoms with Crippen LogP contribution in [0.1, 0.15) is 36.8 Å². The average Bonchev–Trinajstić information content (AvgIpc) is 2.75. The number of anilines is 1. The molecule has 0 atom stereocenters. The highest BCUT2D eigenvalue weighted by Crippen LogP contribution is 2.24. The number of halogens is 2. The molecule has 0 aliphatic heterocycles. The largest absolute Gasteiger partial charge is 0.338 e. The Morgan fingerprint density at radius 2 is 2.00 bits per heavy atom. The summed E-state index contributed by atoms with van der Waals surface area (Å²) in [7, 11) is 0. The van der Waals surface area contributed by atoms with Crippen LogP contribution in [0.25, 0.3) is 0 Å². The SMILES string of the molecule is CC(C)(C)c1cc(NC(=O)c2cc(Cl)cc(Br)c2)on1. The second kappa shape index (κ2) is 5.58. The Balaban J connectivity index is 2.17. The summed E-state index contributed by atoms with van der Waals surface area (Å²) in [5.74, 6) is 0.0147. The molecule has 0 saturated carbocycles. The van der Waals surface area contributed by atoms with E-state index in [1.807, 2.05) is 20.8 Å². The van der Waals surface area contributed by atoms with E-state index in [1.165, 1.54) is 0 Å². The van der Waals surface area contributed by atoms with E-state index >= 15 is 0 Å². The topological polar surface area (TPSA) is 55.1 Å². The van der Waals surface area contributed by atoms with Crippen molar-refractivity contribution in [1.82, 2.24) is 5.16 Å². The molecule has 0 saturated heterocycles. The van der Waals surface area contributed by atoms with Crippen LogP contribution in [0.2, 0.25) is 5.02 Å². The van der Waals surface area contributed by atoms with Gasteiger partial charge in [0.05, 0.1) is 5.69 Å². The number of aromatic nitrogens is 1. The van der Waals surface area contributed by atoms with Crippen molar-refractivity contribution < 1.29 is 9.32 Å². The fourth-order valence-corrected chi connectivity index (χ4v) is 2.42. The summed E-state index contributed by atoms with van der Waals surface area (Å²) < 4.78 is 5.86. The highest BCUT2D eigenvalue weighted by atomic mass is 79.9. The van der Waals surface area contributed by atoms with Gasteiger partial charge in [0.1, 0.15) is 0 Å². The molecule has 0 radical (unpaired) electrons. The van der Waals surface area contributed by atoms with Crippen molar-refractivity contribution in [2.75, 3.05) is 5.32 Å². The molecule has 0 fully saturated rings. The summed E-state index contributed by atoms with van der Waals surface area (Å²) in [5, 5.41) is 7.09. The van der Waals surface area contributed by atoms with Gasteiger partial charge in [0, 0.05) is 26.5 Å². The molecule has 1 aromatic carbocycles. The fourth-order valence-electron chi connectivity index (χ4n) is 1.56. The molecule has 2 rings (SSSR count). The molecule has 20 heavy (non-hydrogen) atoms. The Bertz CT molecular complexity index is 627. The van der Waals surface area contributed by atoms with E-state index in [1.54, 1.807) is 24.3 Å². The summed E-state index contributed by atoms with van der Waals surface area (Å²) in [5.41, 5.74) is 1.09. The number of nitrogens with one attached hydrogen (secondary N) is 1. The summed E-state index contributed by atoms with van der Waals surface area (Å²) in [6.45, 7) is 6.06. The second-order valence-corrected chi connectivity index (χ2v) is 6.79. The highest BCUT2D eigenvalue weighted by molar-refractivity contribution is 9.10. The predicted octanol–water partition coefficient (Wildman–Crippen LogP) is 4.64. The summed E-state index contributed by atoms with van der Waals surface area (Å²) in [4.78, 5) is 12.1. The van der Waals surface area contributed by atoms with Gasteiger partial charge < -0.3 is 4.52 Å². The number of carbonyl (C=O) groups is 1. The summed E-state index contributed by atoms with van der Waals surface area (Å²) in [6, 6.07) is 6.70. The van der Waals surface area contributed by atoms with Gasteiger partial charge in [-0.3, -0.25) is 10.1 Å². The van der Waals surface area contributed by atoms with E-state index in [-0.39, 0.29) is 11.3 Å². The van der Waals surface area contributed by atoms with Crippen LogP contribution in [0.5, 0.6) is 0 Å². The quantitative estimate of drug-likeness (QED) is 0.852. The summed E-state index contributed by atoms with van der Waals surface area (Å²) >= 11 is 9.21. The zero-order chi connectivity index (χ0) is 14.9. The number of rotatable bonds is 2. The van der Waals surface area contributed by atoms with E-state index in [0.29, 0.717) is 16.5 Å². The molecule has 2 aromatic rings. The maximum atomic E-state index is 12.1. The average molecular weight is 358 g/mol. The van der Waals surface area contributed by atoms with Gasteiger partial charge in [0.15, 0.2) is 0 Å². The van der Waals surface area contributed by atoms with Crippen LogP contribution >= 0.6 is 27.5 Å². The van der Waals surface area contributed by atoms with Gasteiger partial charge in [-0.1, -0.05) is 53.5 Å². The van der Waals surface area contributed by atoms with E-state index in [4.69, 9.17) is 16.1 Å². The molecular weight excluding hydrogens is 344 g/mol. The van der Waals surface area contributed by atoms with E-state index in [0.717, 1.165) is 10.2 Å². The van der Waals surface area contributed by atoms with Crippen LogP contribution in [0.4, 0.5) is 5.88 Å². The lowest BCUT2D eigenvalue weighted by atomic mass is 9.92. The second-order valence-electron chi connectivity index (χ2n) is 5.44. The molecule has 0 aliphatic carbocycles. The van der Waals surface area contributed by atoms with Crippen LogP contribution < -0.4 is 5.32 Å². The molecule has 1 heterocycles. The van der Waals surface area contributed by atoms with E-state index < -0.39 is 0 Å². The maximum absolute atomic E-state index is 12.1. The minimum Gasteiger partial charge on any atom is -0.338 e. The molecule has 1 N–H and O–H groups in total. The van der Waals surface area contributed by atoms with Crippen LogP contribution in [0.15, 0.2) is 33.3 Å². The van der Waals surface area contributed by atoms with Gasteiger partial charge in [0.25, 0.3) is 5.91 Å². The van der Waals surface area contributed by atoms with Crippen LogP contribution in [0.3, 0.4) is 0 Å². The summed E-state index contributed by atoms with van der Waals surface area (Å²) in [6.07, 6.45) is 0. The van der Waals surface area contributed by atoms with Crippen LogP contribution in [-0.2, 0) is 5.41 Å². The van der Waals surface area contributed by atoms with Crippen molar-refractivity contribution in [3.8, 4) is 0 Å². The zero-order valence-electron chi connectivity index (χ0n) is 11.3. The van der Waals surface area contributed by atoms with Crippen molar-refractivity contribution in [2.45, 2.75) is 26.2 Å². The third kappa shape index (κ3) is 3.61. The number of benzene rings is 1. The van der Waals surface area contributed by atoms with Crippen molar-refractivity contribution in [2.24, 2.45) is 0 Å². The maximum Gasteiger partial charge on any atom is 0.258 e. The minimum absolute atomic E-state index is 0.133. The number of hydrogen-bond donors (Lipinski definition) is 1. The lowest BCUT2D eigenvalue weighted by Crippen LogP contribution is -2.12. The molecule has 4 nitrogen and oxygen atoms in total. The first-order valence-electron chi connectivity index (χ1n) is 6.00. The predicted molar refractivity (Wildman–Crippen MR) is 82.3 cm³/mol. The first-order chi connectivity index (χ1) is 9.25. The zero-order valence-corrected chi connectivity index (χ0v) is 13.7. The smallest absolute Gasteiger partial charge is 0.258 e. The Labute approximate surface area is 130 Å². The van der Waals surface area contributed by atoms with Crippen molar-refractivity contribution in [3.05, 3.63) is 45.0 Å². The molecule has 1 amide bonds. The highest BCUT2D eigenvalue weighted by Gasteiger charge is 2.20. The minimum atomic E-state index is -0.301. The molecule has 106 valence electrons. The van der Waals surface area contributed by atoms with Gasteiger partial charge in [-0.2, -0.15) is 0 Å². The first-order valence-corrected chi connectivity index (χ1v) is 7.17. The first kappa shape index (κ1) is 15.1. The van der Waals surface area contributed by atoms with Gasteiger partial charge in [-0.15, -0.1) is 0 Å². The van der Waals surface area contributed by atoms with Crippen molar-refractivity contribution in [3.63, 3.8) is 0 Å². The number of carbonyl (C=O) groups excluding carboxylic acids is 1. The molecule has 0 spiro atoms. The molecule has 6 heteroatoms. The van der Waals surface area contributed by atoms with Crippen molar-refractivity contribution in [1.29, 1.82) is 0 Å². The van der Waals surface area contributed by atoms with Crippen LogP contribution in [0, 0.1) is 0 Å². The molecule has 0 bridgehead atoms. The monoisotopic (exact) mass is 356 g/mol. The molecular formula is C14H14BrClN2O2. The van der Waals surface area contributed by atoms with Gasteiger partial charge >= 0.3 is 0 Å². The third-order valence-corrected chi connectivity index (χ3v) is 3.32. The Morgan fingerprint density at radius 1 is 1.30 bits per heavy atom. The number of hydrogen-bond acceptors (Lipinski definition) is 3. The Kier molecular flexibility index (Phi) is 4.20. The normalized spacial score (nSPS) is 11.4. The van der Waals surface area contributed by atoms with Crippen molar-refractivity contribution >= 4 is 39.3 Å². The van der Waals surface area contributed by atoms with Gasteiger partial charge in [-0.05, 0) is 18.2 Å². The van der Waals surface area contributed by atoms with E-state index in [2.05, 4.69) is 26.4 Å². The van der Waals surface area contributed by atoms with Gasteiger partial charge in [-0.25, -0.2) is 0 Å². The molecule has 1 aromatic heterocycles. The third-order valence-electron chi connectivity index (χ3n) is 2.64. The number of nitrogens with zero attached hydrogens (tertiary/aromatic N) is 1. The van der Waals surface area contributed by atoms with E-state index in [9.17, 15) is 4.79 Å². The Hall–Kier alpha value is -1.33. The number of amides is 1. The lowest BCUT2D eigenvalue weighted by molar-refractivity contribution is 0.102. The Morgan fingerprint density at radius 3 is 2.55 bits per heavy atom.